The van der Waals surface area contributed by atoms with Gasteiger partial charge < -0.3 is 55.3 Å². The third-order valence-corrected chi connectivity index (χ3v) is 15.5. The molecule has 25 nitrogen and oxygen atoms in total. The predicted molar refractivity (Wildman–Crippen MR) is 255 cm³/mol. The van der Waals surface area contributed by atoms with Gasteiger partial charge in [-0.25, -0.2) is 28.6 Å². The molecule has 7 atom stereocenters. The number of nitrogens with two attached hydrogens (primary N) is 1. The number of amides is 2. The molecule has 3 aromatic rings. The largest absolute Gasteiger partial charge is 0.481 e. The van der Waals surface area contributed by atoms with Gasteiger partial charge in [-0.3, -0.25) is 32.5 Å². The summed E-state index contributed by atoms with van der Waals surface area (Å²) in [4.78, 5) is 88.5. The molecule has 396 valence electrons. The number of unbranched alkanes of at least 4 members (excludes halogenated alkanes) is 7. The minimum Gasteiger partial charge on any atom is -0.466 e. The second kappa shape index (κ2) is 27.2. The van der Waals surface area contributed by atoms with Crippen molar-refractivity contribution in [2.24, 2.45) is 5.41 Å². The number of phosphoric ester groups is 3. The van der Waals surface area contributed by atoms with E-state index in [4.69, 9.17) is 23.9 Å². The number of hydrogen-bond acceptors (Lipinski definition) is 19. The molecule has 0 aliphatic carbocycles. The standard InChI is InChI=1S/C41H68N7O18P3S/c1-6-15-28-26(2)27(3)29(63-28)16-13-11-9-7-8-10-12-14-17-32(50)70-21-20-43-31(49)18-19-44-39(53)36(52)41(4,5)23-62-69(59,60)66-68(57,58)61-22-30-35(65-67(54,55)56)34(51)40(64-30)48-25-47-33-37(42)45-24-46-38(33)48/h24-25,30,34-36,40,51-52H,6-23H2,1-5H3,(H,43,49)(H,44,53)(H,57,58)(H,59,60)(H2,42,45,46)(H2,54,55,56). The highest BCUT2D eigenvalue weighted by atomic mass is 32.2. The third kappa shape index (κ3) is 18.7. The minimum absolute atomic E-state index is 0.0316. The highest BCUT2D eigenvalue weighted by molar-refractivity contribution is 8.13. The van der Waals surface area contributed by atoms with Gasteiger partial charge in [-0.2, -0.15) is 4.31 Å². The summed E-state index contributed by atoms with van der Waals surface area (Å²) in [7, 11) is -16.4. The summed E-state index contributed by atoms with van der Waals surface area (Å²) in [6.45, 7) is 7.00. The summed E-state index contributed by atoms with van der Waals surface area (Å²) < 4.78 is 68.6. The lowest BCUT2D eigenvalue weighted by molar-refractivity contribution is -0.137. The van der Waals surface area contributed by atoms with Crippen molar-refractivity contribution in [1.82, 2.24) is 30.2 Å². The Labute approximate surface area is 410 Å². The molecule has 0 saturated carbocycles. The average molecular weight is 1070 g/mol. The Morgan fingerprint density at radius 2 is 1.51 bits per heavy atom. The zero-order valence-electron chi connectivity index (χ0n) is 40.0. The van der Waals surface area contributed by atoms with Crippen LogP contribution in [0.2, 0.25) is 0 Å². The lowest BCUT2D eigenvalue weighted by atomic mass is 9.87. The molecule has 1 aliphatic heterocycles. The normalized spacial score (nSPS) is 19.8. The van der Waals surface area contributed by atoms with E-state index in [0.717, 1.165) is 91.9 Å². The number of carbonyl (C=O) groups is 3. The summed E-state index contributed by atoms with van der Waals surface area (Å²) in [6, 6.07) is 0. The van der Waals surface area contributed by atoms with Gasteiger partial charge in [0.1, 0.15) is 47.8 Å². The number of aromatic nitrogens is 4. The Morgan fingerprint density at radius 1 is 0.886 bits per heavy atom. The molecule has 4 rings (SSSR count). The maximum Gasteiger partial charge on any atom is 0.481 e. The van der Waals surface area contributed by atoms with Crippen molar-refractivity contribution in [3.63, 3.8) is 0 Å². The molecule has 10 N–H and O–H groups in total. The van der Waals surface area contributed by atoms with Crippen LogP contribution < -0.4 is 16.4 Å². The summed E-state index contributed by atoms with van der Waals surface area (Å²) >= 11 is 1.14. The van der Waals surface area contributed by atoms with Gasteiger partial charge in [0.2, 0.25) is 11.8 Å². The molecule has 3 aromatic heterocycles. The fraction of sp³-hybridized carbons (Fsp3) is 0.707. The predicted octanol–water partition coefficient (Wildman–Crippen LogP) is 4.58. The van der Waals surface area contributed by atoms with E-state index >= 15 is 0 Å². The molecule has 0 spiro atoms. The van der Waals surface area contributed by atoms with Crippen LogP contribution >= 0.6 is 35.2 Å². The SMILES string of the molecule is CCCc1oc(CCCCCCCCCCC(=O)SCCNC(=O)CCNC(=O)C(O)C(C)(C)COP(=O)(O)OP(=O)(O)OCC2OC(n3cnc4c(N)ncnc43)C(O)C2OP(=O)(O)O)c(C)c1C. The number of nitrogen functional groups attached to an aromatic ring is 1. The lowest BCUT2D eigenvalue weighted by Gasteiger charge is -2.30. The van der Waals surface area contributed by atoms with Crippen LogP contribution in [-0.4, -0.2) is 123 Å². The first-order chi connectivity index (χ1) is 32.8. The van der Waals surface area contributed by atoms with Crippen LogP contribution in [0.1, 0.15) is 120 Å². The highest BCUT2D eigenvalue weighted by Crippen LogP contribution is 2.61. The van der Waals surface area contributed by atoms with Crippen LogP contribution in [-0.2, 0) is 63.5 Å². The summed E-state index contributed by atoms with van der Waals surface area (Å²) in [6.07, 6.45) is 5.25. The van der Waals surface area contributed by atoms with E-state index in [1.54, 1.807) is 0 Å². The van der Waals surface area contributed by atoms with E-state index < -0.39 is 84.6 Å². The van der Waals surface area contributed by atoms with Crippen LogP contribution in [0.3, 0.4) is 0 Å². The number of nitrogens with zero attached hydrogens (tertiary/aromatic N) is 4. The molecule has 1 fully saturated rings. The van der Waals surface area contributed by atoms with Crippen molar-refractivity contribution in [2.75, 3.05) is 37.8 Å². The van der Waals surface area contributed by atoms with Gasteiger partial charge in [-0.1, -0.05) is 71.1 Å². The molecule has 2 amide bonds. The minimum atomic E-state index is -5.58. The number of anilines is 1. The van der Waals surface area contributed by atoms with E-state index in [9.17, 15) is 57.9 Å². The topological polar surface area (TPSA) is 377 Å². The first-order valence-corrected chi connectivity index (χ1v) is 28.5. The van der Waals surface area contributed by atoms with Crippen molar-refractivity contribution in [2.45, 2.75) is 149 Å². The molecular formula is C41H68N7O18P3S. The second-order valence-corrected chi connectivity index (χ2v) is 23.0. The van der Waals surface area contributed by atoms with Crippen LogP contribution in [0.25, 0.3) is 11.2 Å². The smallest absolute Gasteiger partial charge is 0.466 e. The van der Waals surface area contributed by atoms with Crippen molar-refractivity contribution in [3.05, 3.63) is 35.3 Å². The highest BCUT2D eigenvalue weighted by Gasteiger charge is 2.50. The molecule has 7 unspecified atom stereocenters. The van der Waals surface area contributed by atoms with Crippen molar-refractivity contribution < 1.29 is 84.9 Å². The number of imidazole rings is 1. The Kier molecular flexibility index (Phi) is 23.1. The number of phosphoric acid groups is 3. The monoisotopic (exact) mass is 1070 g/mol. The van der Waals surface area contributed by atoms with Gasteiger partial charge in [0, 0.05) is 49.9 Å². The Balaban J connectivity index is 1.07. The number of nitrogens with one attached hydrogen (secondary N) is 2. The summed E-state index contributed by atoms with van der Waals surface area (Å²) in [5, 5.41) is 26.7. The molecule has 0 radical (unpaired) electrons. The third-order valence-electron chi connectivity index (χ3n) is 11.4. The number of aryl methyl sites for hydroxylation is 2. The molecule has 0 bridgehead atoms. The zero-order chi connectivity index (χ0) is 51.9. The Bertz CT molecular complexity index is 2350. The number of ether oxygens (including phenoxy) is 1. The number of rotatable bonds is 32. The molecule has 1 aliphatic rings. The molecule has 4 heterocycles. The zero-order valence-corrected chi connectivity index (χ0v) is 43.5. The van der Waals surface area contributed by atoms with Crippen molar-refractivity contribution in [1.29, 1.82) is 0 Å². The maximum atomic E-state index is 12.8. The molecular weight excluding hydrogens is 1000 g/mol. The van der Waals surface area contributed by atoms with E-state index in [-0.39, 0.29) is 41.6 Å². The molecule has 1 saturated heterocycles. The van der Waals surface area contributed by atoms with Crippen molar-refractivity contribution >= 4 is 69.1 Å². The number of hydrogen-bond donors (Lipinski definition) is 9. The Morgan fingerprint density at radius 3 is 2.17 bits per heavy atom. The van der Waals surface area contributed by atoms with Crippen LogP contribution in [0.4, 0.5) is 5.82 Å². The van der Waals surface area contributed by atoms with Gasteiger partial charge in [0.05, 0.1) is 19.5 Å². The van der Waals surface area contributed by atoms with Crippen molar-refractivity contribution in [3.8, 4) is 0 Å². The lowest BCUT2D eigenvalue weighted by Crippen LogP contribution is -2.46. The average Bonchev–Trinajstić information content (AvgIpc) is 3.93. The fourth-order valence-corrected chi connectivity index (χ4v) is 11.0. The fourth-order valence-electron chi connectivity index (χ4n) is 7.41. The number of fused-ring (bicyclic) bond motifs is 1. The Hall–Kier alpha value is -3.16. The van der Waals surface area contributed by atoms with Gasteiger partial charge >= 0.3 is 23.5 Å². The molecule has 29 heteroatoms. The van der Waals surface area contributed by atoms with E-state index in [0.29, 0.717) is 12.2 Å². The van der Waals surface area contributed by atoms with E-state index in [1.807, 2.05) is 0 Å². The van der Waals surface area contributed by atoms with Crippen LogP contribution in [0, 0.1) is 19.3 Å². The number of aliphatic hydroxyl groups excluding tert-OH is 2. The first kappa shape index (κ1) is 59.4. The number of carbonyl (C=O) groups excluding carboxylic acids is 3. The molecule has 70 heavy (non-hydrogen) atoms. The number of furan rings is 1. The first-order valence-electron chi connectivity index (χ1n) is 23.0. The number of aliphatic hydroxyl groups is 2. The summed E-state index contributed by atoms with van der Waals surface area (Å²) in [5.74, 6) is 1.20. The number of thioether (sulfide) groups is 1. The maximum absolute atomic E-state index is 12.8. The van der Waals surface area contributed by atoms with Crippen LogP contribution in [0.5, 0.6) is 0 Å². The van der Waals surface area contributed by atoms with Gasteiger partial charge in [-0.05, 0) is 44.2 Å². The molecule has 0 aromatic carbocycles. The van der Waals surface area contributed by atoms with Crippen LogP contribution in [0.15, 0.2) is 17.1 Å². The van der Waals surface area contributed by atoms with E-state index in [1.165, 1.54) is 44.2 Å². The van der Waals surface area contributed by atoms with E-state index in [2.05, 4.69) is 55.2 Å². The van der Waals surface area contributed by atoms with Gasteiger partial charge in [-0.15, -0.1) is 0 Å². The quantitative estimate of drug-likeness (QED) is 0.0305. The van der Waals surface area contributed by atoms with Gasteiger partial charge in [0.15, 0.2) is 22.8 Å². The second-order valence-electron chi connectivity index (χ2n) is 17.6. The van der Waals surface area contributed by atoms with Gasteiger partial charge in [0.25, 0.3) is 0 Å². The summed E-state index contributed by atoms with van der Waals surface area (Å²) in [5.41, 5.74) is 6.86.